The Balaban J connectivity index is 1.57. The van der Waals surface area contributed by atoms with Crippen LogP contribution in [0, 0.1) is 13.8 Å². The average molecular weight is 360 g/mol. The van der Waals surface area contributed by atoms with Crippen LogP contribution in [0.2, 0.25) is 0 Å². The first-order valence-electron chi connectivity index (χ1n) is 8.53. The van der Waals surface area contributed by atoms with Crippen molar-refractivity contribution in [2.45, 2.75) is 38.5 Å². The Morgan fingerprint density at radius 3 is 2.28 bits per heavy atom. The Kier molecular flexibility index (Phi) is 5.34. The number of nitrogens with zero attached hydrogens (tertiary/aromatic N) is 3. The quantitative estimate of drug-likeness (QED) is 0.887. The summed E-state index contributed by atoms with van der Waals surface area (Å²) in [4.78, 5) is 8.80. The highest BCUT2D eigenvalue weighted by Crippen LogP contribution is 2.19. The van der Waals surface area contributed by atoms with Gasteiger partial charge in [-0.1, -0.05) is 30.3 Å². The fourth-order valence-electron chi connectivity index (χ4n) is 3.13. The van der Waals surface area contributed by atoms with Crippen LogP contribution >= 0.6 is 0 Å². The standard InChI is InChI=1S/C18H24N4O2S/c1-14-12-15(2)20-18(19-14)21-17-8-10-22(11-9-17)25(23,24)13-16-6-4-3-5-7-16/h3-7,12,17H,8-11,13H2,1-2H3,(H,19,20,21). The number of aryl methyl sites for hydroxylation is 2. The summed E-state index contributed by atoms with van der Waals surface area (Å²) < 4.78 is 26.8. The zero-order valence-corrected chi connectivity index (χ0v) is 15.5. The number of rotatable bonds is 5. The van der Waals surface area contributed by atoms with Crippen molar-refractivity contribution in [1.82, 2.24) is 14.3 Å². The molecule has 1 fully saturated rings. The van der Waals surface area contributed by atoms with E-state index in [2.05, 4.69) is 15.3 Å². The minimum absolute atomic E-state index is 0.0616. The molecule has 0 radical (unpaired) electrons. The third kappa shape index (κ3) is 4.76. The lowest BCUT2D eigenvalue weighted by molar-refractivity contribution is 0.328. The van der Waals surface area contributed by atoms with E-state index in [1.807, 2.05) is 50.2 Å². The number of anilines is 1. The molecule has 2 heterocycles. The highest BCUT2D eigenvalue weighted by atomic mass is 32.2. The van der Waals surface area contributed by atoms with Gasteiger partial charge in [0.1, 0.15) is 0 Å². The monoisotopic (exact) mass is 360 g/mol. The molecular weight excluding hydrogens is 336 g/mol. The van der Waals surface area contributed by atoms with Crippen molar-refractivity contribution in [3.05, 3.63) is 53.3 Å². The van der Waals surface area contributed by atoms with Crippen molar-refractivity contribution < 1.29 is 8.42 Å². The van der Waals surface area contributed by atoms with Crippen molar-refractivity contribution in [3.63, 3.8) is 0 Å². The molecule has 134 valence electrons. The van der Waals surface area contributed by atoms with E-state index in [0.717, 1.165) is 29.8 Å². The van der Waals surface area contributed by atoms with Gasteiger partial charge in [0.25, 0.3) is 0 Å². The molecule has 1 N–H and O–H groups in total. The minimum Gasteiger partial charge on any atom is -0.351 e. The van der Waals surface area contributed by atoms with E-state index >= 15 is 0 Å². The number of benzene rings is 1. The van der Waals surface area contributed by atoms with Crippen molar-refractivity contribution >= 4 is 16.0 Å². The molecule has 0 saturated carbocycles. The van der Waals surface area contributed by atoms with E-state index in [1.54, 1.807) is 4.31 Å². The minimum atomic E-state index is -3.27. The lowest BCUT2D eigenvalue weighted by Crippen LogP contribution is -2.43. The maximum Gasteiger partial charge on any atom is 0.223 e. The molecule has 0 atom stereocenters. The number of aromatic nitrogens is 2. The maximum atomic E-state index is 12.6. The molecule has 0 amide bonds. The molecule has 0 unspecified atom stereocenters. The van der Waals surface area contributed by atoms with Crippen LogP contribution in [0.3, 0.4) is 0 Å². The van der Waals surface area contributed by atoms with E-state index in [9.17, 15) is 8.42 Å². The van der Waals surface area contributed by atoms with Crippen LogP contribution < -0.4 is 5.32 Å². The van der Waals surface area contributed by atoms with Gasteiger partial charge in [-0.3, -0.25) is 0 Å². The number of nitrogens with one attached hydrogen (secondary N) is 1. The first-order valence-corrected chi connectivity index (χ1v) is 10.1. The van der Waals surface area contributed by atoms with Gasteiger partial charge >= 0.3 is 0 Å². The normalized spacial score (nSPS) is 16.7. The third-order valence-corrected chi connectivity index (χ3v) is 6.20. The Labute approximate surface area is 149 Å². The summed E-state index contributed by atoms with van der Waals surface area (Å²) in [5.74, 6) is 0.689. The molecule has 7 heteroatoms. The van der Waals surface area contributed by atoms with Gasteiger partial charge in [0.2, 0.25) is 16.0 Å². The van der Waals surface area contributed by atoms with E-state index in [0.29, 0.717) is 19.0 Å². The summed E-state index contributed by atoms with van der Waals surface area (Å²) in [6, 6.07) is 11.5. The molecule has 25 heavy (non-hydrogen) atoms. The highest BCUT2D eigenvalue weighted by molar-refractivity contribution is 7.88. The Morgan fingerprint density at radius 1 is 1.08 bits per heavy atom. The van der Waals surface area contributed by atoms with E-state index in [4.69, 9.17) is 0 Å². The summed E-state index contributed by atoms with van der Waals surface area (Å²) in [6.45, 7) is 4.94. The van der Waals surface area contributed by atoms with Gasteiger partial charge < -0.3 is 5.32 Å². The van der Waals surface area contributed by atoms with Gasteiger partial charge in [-0.2, -0.15) is 0 Å². The van der Waals surface area contributed by atoms with E-state index in [1.165, 1.54) is 0 Å². The van der Waals surface area contributed by atoms with Crippen LogP contribution in [0.1, 0.15) is 29.8 Å². The predicted octanol–water partition coefficient (Wildman–Crippen LogP) is 2.50. The second kappa shape index (κ2) is 7.49. The van der Waals surface area contributed by atoms with Gasteiger partial charge in [0, 0.05) is 30.5 Å². The molecule has 1 aromatic carbocycles. The van der Waals surface area contributed by atoms with Crippen molar-refractivity contribution in [2.24, 2.45) is 0 Å². The van der Waals surface area contributed by atoms with Crippen LogP contribution in [-0.4, -0.2) is 41.8 Å². The summed E-state index contributed by atoms with van der Waals surface area (Å²) in [5, 5.41) is 3.34. The second-order valence-corrected chi connectivity index (χ2v) is 8.50. The molecule has 6 nitrogen and oxygen atoms in total. The number of sulfonamides is 1. The second-order valence-electron chi connectivity index (χ2n) is 6.53. The lowest BCUT2D eigenvalue weighted by Gasteiger charge is -2.31. The molecule has 1 saturated heterocycles. The Hall–Kier alpha value is -1.99. The first kappa shape index (κ1) is 17.8. The molecule has 3 rings (SSSR count). The van der Waals surface area contributed by atoms with Crippen LogP contribution in [-0.2, 0) is 15.8 Å². The Bertz CT molecular complexity index is 796. The van der Waals surface area contributed by atoms with Crippen LogP contribution in [0.15, 0.2) is 36.4 Å². The zero-order chi connectivity index (χ0) is 17.9. The van der Waals surface area contributed by atoms with Crippen LogP contribution in [0.5, 0.6) is 0 Å². The summed E-state index contributed by atoms with van der Waals surface area (Å²) in [7, 11) is -3.27. The summed E-state index contributed by atoms with van der Waals surface area (Å²) in [6.07, 6.45) is 1.51. The topological polar surface area (TPSA) is 75.2 Å². The SMILES string of the molecule is Cc1cc(C)nc(NC2CCN(S(=O)(=O)Cc3ccccc3)CC2)n1. The number of piperidine rings is 1. The molecule has 2 aromatic rings. The third-order valence-electron chi connectivity index (χ3n) is 4.35. The van der Waals surface area contributed by atoms with Gasteiger partial charge in [0.05, 0.1) is 5.75 Å². The highest BCUT2D eigenvalue weighted by Gasteiger charge is 2.28. The first-order chi connectivity index (χ1) is 11.9. The average Bonchev–Trinajstić information content (AvgIpc) is 2.55. The van der Waals surface area contributed by atoms with Crippen LogP contribution in [0.25, 0.3) is 0 Å². The zero-order valence-electron chi connectivity index (χ0n) is 14.6. The van der Waals surface area contributed by atoms with E-state index in [-0.39, 0.29) is 11.8 Å². The van der Waals surface area contributed by atoms with Crippen molar-refractivity contribution in [3.8, 4) is 0 Å². The van der Waals surface area contributed by atoms with Gasteiger partial charge in [-0.25, -0.2) is 22.7 Å². The van der Waals surface area contributed by atoms with E-state index < -0.39 is 10.0 Å². The van der Waals surface area contributed by atoms with Gasteiger partial charge in [-0.05, 0) is 38.3 Å². The van der Waals surface area contributed by atoms with Crippen molar-refractivity contribution in [2.75, 3.05) is 18.4 Å². The molecule has 1 aromatic heterocycles. The number of hydrogen-bond donors (Lipinski definition) is 1. The molecule has 1 aliphatic heterocycles. The molecular formula is C18H24N4O2S. The van der Waals surface area contributed by atoms with Crippen LogP contribution in [0.4, 0.5) is 5.95 Å². The molecule has 0 aliphatic carbocycles. The summed E-state index contributed by atoms with van der Waals surface area (Å²) >= 11 is 0. The molecule has 1 aliphatic rings. The predicted molar refractivity (Wildman–Crippen MR) is 98.8 cm³/mol. The Morgan fingerprint density at radius 2 is 1.68 bits per heavy atom. The molecule has 0 bridgehead atoms. The van der Waals surface area contributed by atoms with Gasteiger partial charge in [0.15, 0.2) is 0 Å². The van der Waals surface area contributed by atoms with Gasteiger partial charge in [-0.15, -0.1) is 0 Å². The molecule has 0 spiro atoms. The fraction of sp³-hybridized carbons (Fsp3) is 0.444. The smallest absolute Gasteiger partial charge is 0.223 e. The number of hydrogen-bond acceptors (Lipinski definition) is 5. The fourth-order valence-corrected chi connectivity index (χ4v) is 4.69. The maximum absolute atomic E-state index is 12.6. The lowest BCUT2D eigenvalue weighted by atomic mass is 10.1. The van der Waals surface area contributed by atoms with Crippen molar-refractivity contribution in [1.29, 1.82) is 0 Å². The largest absolute Gasteiger partial charge is 0.351 e. The summed E-state index contributed by atoms with van der Waals surface area (Å²) in [5.41, 5.74) is 2.68.